The molecule has 0 unspecified atom stereocenters. The minimum absolute atomic E-state index is 0.704. The third-order valence-corrected chi connectivity index (χ3v) is 2.14. The lowest BCUT2D eigenvalue weighted by Crippen LogP contribution is -1.91. The average molecular weight is 187 g/mol. The SMILES string of the molecule is CCOc1ccc2cnc(C)cc2c1. The van der Waals surface area contributed by atoms with E-state index in [-0.39, 0.29) is 0 Å². The van der Waals surface area contributed by atoms with E-state index in [4.69, 9.17) is 4.74 Å². The molecular formula is C12H13NO. The van der Waals surface area contributed by atoms with Crippen LogP contribution in [-0.4, -0.2) is 11.6 Å². The van der Waals surface area contributed by atoms with Gasteiger partial charge in [0.05, 0.1) is 6.61 Å². The molecule has 0 atom stereocenters. The van der Waals surface area contributed by atoms with Crippen LogP contribution in [0.3, 0.4) is 0 Å². The van der Waals surface area contributed by atoms with Gasteiger partial charge in [-0.2, -0.15) is 0 Å². The van der Waals surface area contributed by atoms with Crippen LogP contribution < -0.4 is 4.74 Å². The number of ether oxygens (including phenoxy) is 1. The van der Waals surface area contributed by atoms with Crippen LogP contribution in [0.5, 0.6) is 5.75 Å². The van der Waals surface area contributed by atoms with Crippen molar-refractivity contribution in [1.29, 1.82) is 0 Å². The Kier molecular flexibility index (Phi) is 2.35. The van der Waals surface area contributed by atoms with Crippen molar-refractivity contribution in [2.24, 2.45) is 0 Å². The van der Waals surface area contributed by atoms with Gasteiger partial charge in [0.15, 0.2) is 0 Å². The van der Waals surface area contributed by atoms with Crippen molar-refractivity contribution < 1.29 is 4.74 Å². The van der Waals surface area contributed by atoms with Crippen LogP contribution >= 0.6 is 0 Å². The number of hydrogen-bond acceptors (Lipinski definition) is 2. The van der Waals surface area contributed by atoms with E-state index in [1.165, 1.54) is 5.39 Å². The molecule has 14 heavy (non-hydrogen) atoms. The van der Waals surface area contributed by atoms with Gasteiger partial charge in [-0.05, 0) is 43.5 Å². The molecule has 0 bridgehead atoms. The summed E-state index contributed by atoms with van der Waals surface area (Å²) in [5.41, 5.74) is 1.03. The zero-order valence-corrected chi connectivity index (χ0v) is 8.45. The first kappa shape index (κ1) is 9.00. The highest BCUT2D eigenvalue weighted by Gasteiger charge is 1.97. The maximum absolute atomic E-state index is 5.43. The van der Waals surface area contributed by atoms with E-state index >= 15 is 0 Å². The summed E-state index contributed by atoms with van der Waals surface area (Å²) in [4.78, 5) is 4.24. The molecule has 0 aliphatic heterocycles. The molecule has 0 spiro atoms. The number of rotatable bonds is 2. The first-order chi connectivity index (χ1) is 6.79. The van der Waals surface area contributed by atoms with Crippen LogP contribution in [-0.2, 0) is 0 Å². The number of hydrogen-bond donors (Lipinski definition) is 0. The summed E-state index contributed by atoms with van der Waals surface area (Å²) in [6, 6.07) is 8.13. The fourth-order valence-electron chi connectivity index (χ4n) is 1.49. The summed E-state index contributed by atoms with van der Waals surface area (Å²) < 4.78 is 5.43. The zero-order valence-electron chi connectivity index (χ0n) is 8.45. The third kappa shape index (κ3) is 1.69. The van der Waals surface area contributed by atoms with E-state index in [9.17, 15) is 0 Å². The van der Waals surface area contributed by atoms with Crippen molar-refractivity contribution in [3.63, 3.8) is 0 Å². The Labute approximate surface area is 83.5 Å². The molecule has 2 rings (SSSR count). The Morgan fingerprint density at radius 3 is 2.86 bits per heavy atom. The molecule has 1 heterocycles. The van der Waals surface area contributed by atoms with E-state index in [0.29, 0.717) is 6.61 Å². The molecule has 0 aliphatic rings. The molecule has 0 fully saturated rings. The topological polar surface area (TPSA) is 22.1 Å². The molecule has 1 aromatic carbocycles. The van der Waals surface area contributed by atoms with Gasteiger partial charge in [-0.25, -0.2) is 0 Å². The number of aryl methyl sites for hydroxylation is 1. The van der Waals surface area contributed by atoms with E-state index in [1.807, 2.05) is 38.2 Å². The smallest absolute Gasteiger partial charge is 0.119 e. The van der Waals surface area contributed by atoms with Gasteiger partial charge < -0.3 is 4.74 Å². The minimum atomic E-state index is 0.704. The van der Waals surface area contributed by atoms with E-state index < -0.39 is 0 Å². The van der Waals surface area contributed by atoms with Crippen LogP contribution in [0.2, 0.25) is 0 Å². The van der Waals surface area contributed by atoms with E-state index in [1.54, 1.807) is 0 Å². The summed E-state index contributed by atoms with van der Waals surface area (Å²) in [6.45, 7) is 4.68. The minimum Gasteiger partial charge on any atom is -0.494 e. The molecule has 0 amide bonds. The third-order valence-electron chi connectivity index (χ3n) is 2.14. The highest BCUT2D eigenvalue weighted by atomic mass is 16.5. The van der Waals surface area contributed by atoms with Crippen LogP contribution in [0.4, 0.5) is 0 Å². The molecule has 2 nitrogen and oxygen atoms in total. The van der Waals surface area contributed by atoms with Crippen LogP contribution in [0.25, 0.3) is 10.8 Å². The summed E-state index contributed by atoms with van der Waals surface area (Å²) in [7, 11) is 0. The molecule has 72 valence electrons. The standard InChI is InChI=1S/C12H13NO/c1-3-14-12-5-4-10-8-13-9(2)6-11(10)7-12/h4-8H,3H2,1-2H3. The largest absolute Gasteiger partial charge is 0.494 e. The Hall–Kier alpha value is -1.57. The van der Waals surface area contributed by atoms with Gasteiger partial charge in [-0.15, -0.1) is 0 Å². The maximum Gasteiger partial charge on any atom is 0.119 e. The Morgan fingerprint density at radius 2 is 2.07 bits per heavy atom. The molecule has 2 aromatic rings. The Balaban J connectivity index is 2.52. The second kappa shape index (κ2) is 3.66. The van der Waals surface area contributed by atoms with Gasteiger partial charge in [0, 0.05) is 17.3 Å². The monoisotopic (exact) mass is 187 g/mol. The Morgan fingerprint density at radius 1 is 1.21 bits per heavy atom. The lowest BCUT2D eigenvalue weighted by atomic mass is 10.1. The average Bonchev–Trinajstić information content (AvgIpc) is 2.17. The normalized spacial score (nSPS) is 10.4. The predicted molar refractivity (Wildman–Crippen MR) is 57.6 cm³/mol. The van der Waals surface area contributed by atoms with Crippen LogP contribution in [0.1, 0.15) is 12.6 Å². The molecule has 0 saturated carbocycles. The second-order valence-electron chi connectivity index (χ2n) is 3.27. The Bertz CT molecular complexity index is 451. The van der Waals surface area contributed by atoms with Crippen molar-refractivity contribution in [3.05, 3.63) is 36.2 Å². The summed E-state index contributed by atoms with van der Waals surface area (Å²) >= 11 is 0. The highest BCUT2D eigenvalue weighted by molar-refractivity contribution is 5.83. The van der Waals surface area contributed by atoms with E-state index in [2.05, 4.69) is 11.1 Å². The predicted octanol–water partition coefficient (Wildman–Crippen LogP) is 2.94. The number of aromatic nitrogens is 1. The van der Waals surface area contributed by atoms with E-state index in [0.717, 1.165) is 16.8 Å². The first-order valence-corrected chi connectivity index (χ1v) is 4.79. The quantitative estimate of drug-likeness (QED) is 0.721. The maximum atomic E-state index is 5.43. The van der Waals surface area contributed by atoms with Crippen molar-refractivity contribution >= 4 is 10.8 Å². The van der Waals surface area contributed by atoms with Gasteiger partial charge in [-0.3, -0.25) is 4.98 Å². The second-order valence-corrected chi connectivity index (χ2v) is 3.27. The van der Waals surface area contributed by atoms with Gasteiger partial charge in [0.25, 0.3) is 0 Å². The van der Waals surface area contributed by atoms with Crippen molar-refractivity contribution in [2.45, 2.75) is 13.8 Å². The first-order valence-electron chi connectivity index (χ1n) is 4.79. The molecule has 1 aromatic heterocycles. The lowest BCUT2D eigenvalue weighted by molar-refractivity contribution is 0.341. The van der Waals surface area contributed by atoms with Gasteiger partial charge in [0.1, 0.15) is 5.75 Å². The number of nitrogens with zero attached hydrogens (tertiary/aromatic N) is 1. The highest BCUT2D eigenvalue weighted by Crippen LogP contribution is 2.20. The molecule has 0 N–H and O–H groups in total. The number of benzene rings is 1. The van der Waals surface area contributed by atoms with Gasteiger partial charge in [0.2, 0.25) is 0 Å². The zero-order chi connectivity index (χ0) is 9.97. The number of pyridine rings is 1. The van der Waals surface area contributed by atoms with Crippen molar-refractivity contribution in [3.8, 4) is 5.75 Å². The lowest BCUT2D eigenvalue weighted by Gasteiger charge is -2.04. The summed E-state index contributed by atoms with van der Waals surface area (Å²) in [5, 5.41) is 2.34. The molecule has 0 saturated heterocycles. The van der Waals surface area contributed by atoms with Crippen molar-refractivity contribution in [1.82, 2.24) is 4.98 Å². The molecule has 0 aliphatic carbocycles. The summed E-state index contributed by atoms with van der Waals surface area (Å²) in [5.74, 6) is 0.922. The number of fused-ring (bicyclic) bond motifs is 1. The molecule has 2 heteroatoms. The van der Waals surface area contributed by atoms with Crippen LogP contribution in [0.15, 0.2) is 30.5 Å². The summed E-state index contributed by atoms with van der Waals surface area (Å²) in [6.07, 6.45) is 1.89. The molecular weight excluding hydrogens is 174 g/mol. The van der Waals surface area contributed by atoms with Gasteiger partial charge in [-0.1, -0.05) is 0 Å². The molecule has 0 radical (unpaired) electrons. The van der Waals surface area contributed by atoms with Gasteiger partial charge >= 0.3 is 0 Å². The van der Waals surface area contributed by atoms with Crippen molar-refractivity contribution in [2.75, 3.05) is 6.61 Å². The van der Waals surface area contributed by atoms with Crippen LogP contribution in [0, 0.1) is 6.92 Å². The fraction of sp³-hybridized carbons (Fsp3) is 0.250. The fourth-order valence-corrected chi connectivity index (χ4v) is 1.49.